The second kappa shape index (κ2) is 11.0. The van der Waals surface area contributed by atoms with Crippen molar-refractivity contribution in [3.05, 3.63) is 64.7 Å². The zero-order valence-corrected chi connectivity index (χ0v) is 20.7. The minimum Gasteiger partial charge on any atom is -0.354 e. The minimum atomic E-state index is -4.02. The summed E-state index contributed by atoms with van der Waals surface area (Å²) in [6, 6.07) is 12.2. The lowest BCUT2D eigenvalue weighted by molar-refractivity contribution is -0.141. The van der Waals surface area contributed by atoms with Gasteiger partial charge >= 0.3 is 0 Å². The van der Waals surface area contributed by atoms with Crippen LogP contribution in [0.2, 0.25) is 5.02 Å². The van der Waals surface area contributed by atoms with E-state index in [0.717, 1.165) is 16.3 Å². The van der Waals surface area contributed by atoms with Crippen LogP contribution in [-0.2, 0) is 26.2 Å². The number of sulfonamides is 1. The minimum absolute atomic E-state index is 0.0594. The van der Waals surface area contributed by atoms with Crippen LogP contribution in [0.1, 0.15) is 49.0 Å². The summed E-state index contributed by atoms with van der Waals surface area (Å²) in [5.41, 5.74) is 0.870. The van der Waals surface area contributed by atoms with Crippen LogP contribution in [0.5, 0.6) is 0 Å². The van der Waals surface area contributed by atoms with E-state index in [4.69, 9.17) is 11.6 Å². The maximum Gasteiger partial charge on any atom is 0.269 e. The second-order valence-electron chi connectivity index (χ2n) is 7.99. The molecule has 0 aromatic heterocycles. The van der Waals surface area contributed by atoms with Crippen molar-refractivity contribution in [3.63, 3.8) is 0 Å². The van der Waals surface area contributed by atoms with E-state index in [1.54, 1.807) is 36.4 Å². The van der Waals surface area contributed by atoms with E-state index in [1.807, 2.05) is 13.8 Å². The summed E-state index contributed by atoms with van der Waals surface area (Å²) in [5.74, 6) is -1.35. The van der Waals surface area contributed by atoms with Gasteiger partial charge in [0.2, 0.25) is 11.8 Å². The third kappa shape index (κ3) is 5.42. The summed E-state index contributed by atoms with van der Waals surface area (Å²) in [7, 11) is -4.02. The zero-order chi connectivity index (χ0) is 24.9. The van der Waals surface area contributed by atoms with Gasteiger partial charge in [-0.1, -0.05) is 49.7 Å². The molecule has 0 radical (unpaired) electrons. The summed E-state index contributed by atoms with van der Waals surface area (Å²) >= 11 is 5.97. The third-order valence-electron chi connectivity index (χ3n) is 5.64. The van der Waals surface area contributed by atoms with Gasteiger partial charge in [0, 0.05) is 31.1 Å². The van der Waals surface area contributed by atoms with E-state index in [-0.39, 0.29) is 35.9 Å². The van der Waals surface area contributed by atoms with Crippen molar-refractivity contribution in [2.75, 3.05) is 13.1 Å². The van der Waals surface area contributed by atoms with Crippen molar-refractivity contribution in [2.24, 2.45) is 0 Å². The summed E-state index contributed by atoms with van der Waals surface area (Å²) in [4.78, 5) is 40.2. The molecule has 0 bridgehead atoms. The Kier molecular flexibility index (Phi) is 8.33. The lowest BCUT2D eigenvalue weighted by Crippen LogP contribution is -2.49. The largest absolute Gasteiger partial charge is 0.354 e. The molecule has 8 nitrogen and oxygen atoms in total. The molecule has 3 amide bonds. The van der Waals surface area contributed by atoms with Gasteiger partial charge in [-0.15, -0.1) is 0 Å². The number of benzene rings is 2. The average molecular weight is 506 g/mol. The van der Waals surface area contributed by atoms with Crippen molar-refractivity contribution < 1.29 is 22.8 Å². The van der Waals surface area contributed by atoms with Crippen LogP contribution in [0.25, 0.3) is 0 Å². The van der Waals surface area contributed by atoms with Crippen LogP contribution >= 0.6 is 11.6 Å². The second-order valence-corrected chi connectivity index (χ2v) is 10.3. The first-order chi connectivity index (χ1) is 16.2. The maximum absolute atomic E-state index is 13.3. The fraction of sp³-hybridized carbons (Fsp3) is 0.375. The van der Waals surface area contributed by atoms with Crippen molar-refractivity contribution in [2.45, 2.75) is 50.6 Å². The smallest absolute Gasteiger partial charge is 0.269 e. The number of hydrogen-bond acceptors (Lipinski definition) is 5. The molecule has 1 unspecified atom stereocenters. The van der Waals surface area contributed by atoms with Gasteiger partial charge in [-0.25, -0.2) is 12.7 Å². The van der Waals surface area contributed by atoms with Gasteiger partial charge in [0.15, 0.2) is 0 Å². The molecular weight excluding hydrogens is 478 g/mol. The Hall–Kier alpha value is -2.91. The number of nitrogens with one attached hydrogen (secondary N) is 1. The molecule has 10 heteroatoms. The van der Waals surface area contributed by atoms with Gasteiger partial charge in [0.25, 0.3) is 15.9 Å². The van der Waals surface area contributed by atoms with Gasteiger partial charge < -0.3 is 10.2 Å². The molecule has 1 N–H and O–H groups in total. The number of amides is 3. The zero-order valence-electron chi connectivity index (χ0n) is 19.2. The van der Waals surface area contributed by atoms with E-state index in [1.165, 1.54) is 17.0 Å². The standard InChI is InChI=1S/C24H28ClN3O5S/c1-3-14-26-23(30)20(4-2)27(16-17-9-11-18(25)12-10-17)22(29)13-15-28-24(31)19-7-5-6-8-21(19)34(28,32)33/h5-12,20H,3-4,13-16H2,1-2H3,(H,26,30). The van der Waals surface area contributed by atoms with Crippen molar-refractivity contribution >= 4 is 39.3 Å². The fourth-order valence-corrected chi connectivity index (χ4v) is 5.56. The number of fused-ring (bicyclic) bond motifs is 1. The average Bonchev–Trinajstić information content (AvgIpc) is 3.02. The van der Waals surface area contributed by atoms with Crippen molar-refractivity contribution in [3.8, 4) is 0 Å². The molecule has 34 heavy (non-hydrogen) atoms. The molecule has 0 saturated carbocycles. The molecule has 1 aliphatic rings. The molecule has 0 spiro atoms. The van der Waals surface area contributed by atoms with E-state index in [2.05, 4.69) is 5.32 Å². The Morgan fingerprint density at radius 1 is 1.09 bits per heavy atom. The monoisotopic (exact) mass is 505 g/mol. The SMILES string of the molecule is CCCNC(=O)C(CC)N(Cc1ccc(Cl)cc1)C(=O)CCN1C(=O)c2ccccc2S1(=O)=O. The molecular formula is C24H28ClN3O5S. The van der Waals surface area contributed by atoms with Crippen LogP contribution in [0, 0.1) is 0 Å². The molecule has 2 aromatic carbocycles. The Morgan fingerprint density at radius 2 is 1.76 bits per heavy atom. The molecule has 2 aromatic rings. The molecule has 1 atom stereocenters. The van der Waals surface area contributed by atoms with Gasteiger partial charge in [-0.05, 0) is 42.7 Å². The normalized spacial score (nSPS) is 15.0. The number of rotatable bonds is 10. The molecule has 1 heterocycles. The predicted molar refractivity (Wildman–Crippen MR) is 129 cm³/mol. The highest BCUT2D eigenvalue weighted by Crippen LogP contribution is 2.30. The highest BCUT2D eigenvalue weighted by atomic mass is 35.5. The van der Waals surface area contributed by atoms with E-state index in [9.17, 15) is 22.8 Å². The van der Waals surface area contributed by atoms with Crippen LogP contribution in [-0.4, -0.2) is 54.5 Å². The Labute approximate surface area is 204 Å². The van der Waals surface area contributed by atoms with Crippen LogP contribution in [0.3, 0.4) is 0 Å². The molecule has 1 aliphatic heterocycles. The van der Waals surface area contributed by atoms with Crippen molar-refractivity contribution in [1.82, 2.24) is 14.5 Å². The summed E-state index contributed by atoms with van der Waals surface area (Å²) in [5, 5.41) is 3.38. The molecule has 0 fully saturated rings. The number of halogens is 1. The maximum atomic E-state index is 13.3. The fourth-order valence-electron chi connectivity index (χ4n) is 3.87. The highest BCUT2D eigenvalue weighted by molar-refractivity contribution is 7.90. The number of nitrogens with zero attached hydrogens (tertiary/aromatic N) is 2. The van der Waals surface area contributed by atoms with Crippen LogP contribution < -0.4 is 5.32 Å². The van der Waals surface area contributed by atoms with Gasteiger partial charge in [0.1, 0.15) is 10.9 Å². The van der Waals surface area contributed by atoms with E-state index in [0.29, 0.717) is 18.0 Å². The van der Waals surface area contributed by atoms with Crippen molar-refractivity contribution in [1.29, 1.82) is 0 Å². The van der Waals surface area contributed by atoms with Crippen LogP contribution in [0.4, 0.5) is 0 Å². The molecule has 0 saturated heterocycles. The first-order valence-electron chi connectivity index (χ1n) is 11.2. The lowest BCUT2D eigenvalue weighted by Gasteiger charge is -2.31. The first-order valence-corrected chi connectivity index (χ1v) is 13.0. The van der Waals surface area contributed by atoms with Crippen LogP contribution in [0.15, 0.2) is 53.4 Å². The predicted octanol–water partition coefficient (Wildman–Crippen LogP) is 3.21. The summed E-state index contributed by atoms with van der Waals surface area (Å²) in [6.45, 7) is 4.07. The Morgan fingerprint density at radius 3 is 2.38 bits per heavy atom. The van der Waals surface area contributed by atoms with Gasteiger partial charge in [-0.2, -0.15) is 0 Å². The summed E-state index contributed by atoms with van der Waals surface area (Å²) in [6.07, 6.45) is 0.883. The van der Waals surface area contributed by atoms with E-state index >= 15 is 0 Å². The highest BCUT2D eigenvalue weighted by Gasteiger charge is 2.41. The Bertz CT molecular complexity index is 1170. The van der Waals surface area contributed by atoms with Gasteiger partial charge in [-0.3, -0.25) is 14.4 Å². The third-order valence-corrected chi connectivity index (χ3v) is 7.73. The molecule has 182 valence electrons. The lowest BCUT2D eigenvalue weighted by atomic mass is 10.1. The summed E-state index contributed by atoms with van der Waals surface area (Å²) < 4.78 is 26.4. The van der Waals surface area contributed by atoms with Gasteiger partial charge in [0.05, 0.1) is 5.56 Å². The first kappa shape index (κ1) is 25.7. The molecule has 3 rings (SSSR count). The topological polar surface area (TPSA) is 104 Å². The number of carbonyl (C=O) groups excluding carboxylic acids is 3. The number of carbonyl (C=O) groups is 3. The number of hydrogen-bond donors (Lipinski definition) is 1. The Balaban J connectivity index is 1.81. The van der Waals surface area contributed by atoms with E-state index < -0.39 is 27.9 Å². The molecule has 0 aliphatic carbocycles. The quantitative estimate of drug-likeness (QED) is 0.534.